The molecule has 0 heterocycles. The first-order chi connectivity index (χ1) is 9.78. The lowest BCUT2D eigenvalue weighted by Gasteiger charge is -2.15. The van der Waals surface area contributed by atoms with E-state index in [0.29, 0.717) is 6.04 Å². The highest BCUT2D eigenvalue weighted by Gasteiger charge is 2.07. The SMILES string of the molecule is CNC(CCc1ccccc1)CSc1ccc(Cl)cc1. The second-order valence-corrected chi connectivity index (χ2v) is 6.30. The second kappa shape index (κ2) is 8.35. The number of rotatable bonds is 7. The van der Waals surface area contributed by atoms with Gasteiger partial charge in [0.1, 0.15) is 0 Å². The molecule has 2 rings (SSSR count). The van der Waals surface area contributed by atoms with Crippen molar-refractivity contribution in [3.8, 4) is 0 Å². The number of benzene rings is 2. The van der Waals surface area contributed by atoms with Crippen LogP contribution in [-0.2, 0) is 6.42 Å². The van der Waals surface area contributed by atoms with Crippen LogP contribution in [0.1, 0.15) is 12.0 Å². The molecule has 106 valence electrons. The summed E-state index contributed by atoms with van der Waals surface area (Å²) in [4.78, 5) is 1.27. The van der Waals surface area contributed by atoms with E-state index in [1.807, 2.05) is 30.9 Å². The molecule has 1 nitrogen and oxygen atoms in total. The van der Waals surface area contributed by atoms with Crippen LogP contribution in [0.5, 0.6) is 0 Å². The van der Waals surface area contributed by atoms with Crippen molar-refractivity contribution in [2.45, 2.75) is 23.8 Å². The van der Waals surface area contributed by atoms with Crippen LogP contribution in [0.2, 0.25) is 5.02 Å². The fraction of sp³-hybridized carbons (Fsp3) is 0.294. The van der Waals surface area contributed by atoms with E-state index in [0.717, 1.165) is 23.6 Å². The minimum atomic E-state index is 0.524. The maximum Gasteiger partial charge on any atom is 0.0406 e. The predicted molar refractivity (Wildman–Crippen MR) is 89.8 cm³/mol. The van der Waals surface area contributed by atoms with E-state index in [4.69, 9.17) is 11.6 Å². The van der Waals surface area contributed by atoms with Crippen LogP contribution in [0, 0.1) is 0 Å². The third kappa shape index (κ3) is 5.20. The molecule has 20 heavy (non-hydrogen) atoms. The van der Waals surface area contributed by atoms with Gasteiger partial charge in [-0.15, -0.1) is 11.8 Å². The molecule has 2 aromatic carbocycles. The minimum Gasteiger partial charge on any atom is -0.316 e. The molecule has 0 amide bonds. The summed E-state index contributed by atoms with van der Waals surface area (Å²) in [5.74, 6) is 1.07. The predicted octanol–water partition coefficient (Wildman–Crippen LogP) is 4.65. The first kappa shape index (κ1) is 15.4. The number of hydrogen-bond donors (Lipinski definition) is 1. The molecule has 2 aromatic rings. The molecule has 1 unspecified atom stereocenters. The molecule has 3 heteroatoms. The van der Waals surface area contributed by atoms with Gasteiger partial charge in [-0.05, 0) is 49.7 Å². The molecular weight excluding hydrogens is 286 g/mol. The summed E-state index contributed by atoms with van der Waals surface area (Å²) < 4.78 is 0. The summed E-state index contributed by atoms with van der Waals surface area (Å²) >= 11 is 7.77. The Morgan fingerprint density at radius 2 is 1.75 bits per heavy atom. The summed E-state index contributed by atoms with van der Waals surface area (Å²) in [6, 6.07) is 19.2. The van der Waals surface area contributed by atoms with Gasteiger partial charge in [0.05, 0.1) is 0 Å². The van der Waals surface area contributed by atoms with Gasteiger partial charge in [-0.1, -0.05) is 41.9 Å². The molecule has 0 spiro atoms. The fourth-order valence-electron chi connectivity index (χ4n) is 2.02. The van der Waals surface area contributed by atoms with E-state index in [-0.39, 0.29) is 0 Å². The lowest BCUT2D eigenvalue weighted by Crippen LogP contribution is -2.28. The van der Waals surface area contributed by atoms with Gasteiger partial charge in [-0.25, -0.2) is 0 Å². The third-order valence-electron chi connectivity index (χ3n) is 3.30. The number of halogens is 1. The summed E-state index contributed by atoms with van der Waals surface area (Å²) in [5.41, 5.74) is 1.41. The van der Waals surface area contributed by atoms with Crippen molar-refractivity contribution in [2.75, 3.05) is 12.8 Å². The Morgan fingerprint density at radius 1 is 1.05 bits per heavy atom. The maximum absolute atomic E-state index is 5.90. The summed E-state index contributed by atoms with van der Waals surface area (Å²) in [7, 11) is 2.04. The first-order valence-electron chi connectivity index (χ1n) is 6.87. The largest absolute Gasteiger partial charge is 0.316 e. The van der Waals surface area contributed by atoms with Crippen LogP contribution in [0.15, 0.2) is 59.5 Å². The molecule has 0 aromatic heterocycles. The van der Waals surface area contributed by atoms with Crippen molar-refractivity contribution in [1.29, 1.82) is 0 Å². The average molecular weight is 306 g/mol. The highest BCUT2D eigenvalue weighted by molar-refractivity contribution is 7.99. The Kier molecular flexibility index (Phi) is 6.44. The molecule has 0 saturated heterocycles. The number of aryl methyl sites for hydroxylation is 1. The Labute approximate surface area is 130 Å². The zero-order chi connectivity index (χ0) is 14.2. The Morgan fingerprint density at radius 3 is 2.40 bits per heavy atom. The summed E-state index contributed by atoms with van der Waals surface area (Å²) in [6.45, 7) is 0. The van der Waals surface area contributed by atoms with Crippen molar-refractivity contribution >= 4 is 23.4 Å². The Balaban J connectivity index is 1.79. The highest BCUT2D eigenvalue weighted by Crippen LogP contribution is 2.22. The van der Waals surface area contributed by atoms with Crippen LogP contribution in [0.25, 0.3) is 0 Å². The summed E-state index contributed by atoms with van der Waals surface area (Å²) in [6.07, 6.45) is 2.27. The van der Waals surface area contributed by atoms with E-state index in [2.05, 4.69) is 47.8 Å². The van der Waals surface area contributed by atoms with Crippen molar-refractivity contribution < 1.29 is 0 Å². The van der Waals surface area contributed by atoms with Crippen LogP contribution in [0.4, 0.5) is 0 Å². The summed E-state index contributed by atoms with van der Waals surface area (Å²) in [5, 5.41) is 4.20. The van der Waals surface area contributed by atoms with E-state index >= 15 is 0 Å². The molecule has 0 aliphatic heterocycles. The standard InChI is InChI=1S/C17H20ClNS/c1-19-16(10-7-14-5-3-2-4-6-14)13-20-17-11-8-15(18)9-12-17/h2-6,8-9,11-12,16,19H,7,10,13H2,1H3. The molecule has 0 saturated carbocycles. The average Bonchev–Trinajstić information content (AvgIpc) is 2.50. The smallest absolute Gasteiger partial charge is 0.0406 e. The lowest BCUT2D eigenvalue weighted by atomic mass is 10.1. The lowest BCUT2D eigenvalue weighted by molar-refractivity contribution is 0.573. The molecule has 0 radical (unpaired) electrons. The van der Waals surface area contributed by atoms with E-state index in [1.165, 1.54) is 10.5 Å². The molecule has 0 aliphatic carbocycles. The Bertz CT molecular complexity index is 498. The van der Waals surface area contributed by atoms with Gasteiger partial charge in [0, 0.05) is 21.7 Å². The first-order valence-corrected chi connectivity index (χ1v) is 8.24. The van der Waals surface area contributed by atoms with Gasteiger partial charge in [-0.3, -0.25) is 0 Å². The van der Waals surface area contributed by atoms with Crippen LogP contribution in [0.3, 0.4) is 0 Å². The van der Waals surface area contributed by atoms with Gasteiger partial charge in [0.15, 0.2) is 0 Å². The Hall–Kier alpha value is -0.960. The molecule has 0 aliphatic rings. The van der Waals surface area contributed by atoms with Gasteiger partial charge in [0.25, 0.3) is 0 Å². The molecule has 0 fully saturated rings. The van der Waals surface area contributed by atoms with Crippen molar-refractivity contribution in [1.82, 2.24) is 5.32 Å². The molecule has 1 atom stereocenters. The number of nitrogens with one attached hydrogen (secondary N) is 1. The number of hydrogen-bond acceptors (Lipinski definition) is 2. The van der Waals surface area contributed by atoms with Crippen molar-refractivity contribution in [2.24, 2.45) is 0 Å². The van der Waals surface area contributed by atoms with Gasteiger partial charge >= 0.3 is 0 Å². The topological polar surface area (TPSA) is 12.0 Å². The van der Waals surface area contributed by atoms with E-state index < -0.39 is 0 Å². The van der Waals surface area contributed by atoms with Gasteiger partial charge in [0.2, 0.25) is 0 Å². The second-order valence-electron chi connectivity index (χ2n) is 4.77. The van der Waals surface area contributed by atoms with Crippen molar-refractivity contribution in [3.05, 3.63) is 65.2 Å². The molecular formula is C17H20ClNS. The quantitative estimate of drug-likeness (QED) is 0.747. The van der Waals surface area contributed by atoms with E-state index in [9.17, 15) is 0 Å². The monoisotopic (exact) mass is 305 g/mol. The van der Waals surface area contributed by atoms with E-state index in [1.54, 1.807) is 0 Å². The number of thioether (sulfide) groups is 1. The van der Waals surface area contributed by atoms with Crippen LogP contribution >= 0.6 is 23.4 Å². The van der Waals surface area contributed by atoms with Gasteiger partial charge < -0.3 is 5.32 Å². The van der Waals surface area contributed by atoms with Crippen LogP contribution in [-0.4, -0.2) is 18.8 Å². The molecule has 0 bridgehead atoms. The van der Waals surface area contributed by atoms with Crippen LogP contribution < -0.4 is 5.32 Å². The van der Waals surface area contributed by atoms with Gasteiger partial charge in [-0.2, -0.15) is 0 Å². The van der Waals surface area contributed by atoms with Crippen molar-refractivity contribution in [3.63, 3.8) is 0 Å². The molecule has 1 N–H and O–H groups in total. The highest BCUT2D eigenvalue weighted by atomic mass is 35.5. The zero-order valence-corrected chi connectivity index (χ0v) is 13.3. The normalized spacial score (nSPS) is 12.3. The minimum absolute atomic E-state index is 0.524. The maximum atomic E-state index is 5.90. The third-order valence-corrected chi connectivity index (χ3v) is 4.72. The zero-order valence-electron chi connectivity index (χ0n) is 11.7. The fourth-order valence-corrected chi connectivity index (χ4v) is 3.21.